The van der Waals surface area contributed by atoms with E-state index in [1.165, 1.54) is 12.1 Å². The summed E-state index contributed by atoms with van der Waals surface area (Å²) < 4.78 is 5.16. The number of methoxy groups -OCH3 is 1. The van der Waals surface area contributed by atoms with Gasteiger partial charge in [0.25, 0.3) is 5.69 Å². The zero-order valence-corrected chi connectivity index (χ0v) is 14.4. The number of nitro groups is 1. The molecule has 2 rings (SSSR count). The van der Waals surface area contributed by atoms with Gasteiger partial charge in [0.15, 0.2) is 0 Å². The van der Waals surface area contributed by atoms with Crippen LogP contribution in [0.25, 0.3) is 0 Å². The van der Waals surface area contributed by atoms with Crippen LogP contribution in [0.5, 0.6) is 5.75 Å². The number of hydrogen-bond acceptors (Lipinski definition) is 5. The van der Waals surface area contributed by atoms with Crippen molar-refractivity contribution >= 4 is 34.3 Å². The molecule has 0 bridgehead atoms. The van der Waals surface area contributed by atoms with Gasteiger partial charge in [0.05, 0.1) is 17.7 Å². The van der Waals surface area contributed by atoms with Gasteiger partial charge in [0.2, 0.25) is 0 Å². The Morgan fingerprint density at radius 3 is 2.17 bits per heavy atom. The van der Waals surface area contributed by atoms with Gasteiger partial charge in [-0.1, -0.05) is 12.2 Å². The van der Waals surface area contributed by atoms with Gasteiger partial charge >= 0.3 is 0 Å². The lowest BCUT2D eigenvalue weighted by Crippen LogP contribution is -2.28. The van der Waals surface area contributed by atoms with Gasteiger partial charge in [-0.15, -0.1) is 0 Å². The fraction of sp³-hybridized carbons (Fsp3) is 0.176. The quantitative estimate of drug-likeness (QED) is 0.359. The third-order valence-electron chi connectivity index (χ3n) is 3.27. The molecule has 0 radical (unpaired) electrons. The first-order valence-electron chi connectivity index (χ1n) is 7.11. The summed E-state index contributed by atoms with van der Waals surface area (Å²) in [6, 6.07) is 13.4. The molecule has 0 aliphatic heterocycles. The number of nitrogens with zero attached hydrogens (tertiary/aromatic N) is 3. The van der Waals surface area contributed by atoms with E-state index in [9.17, 15) is 10.1 Å². The molecule has 2 aromatic carbocycles. The van der Waals surface area contributed by atoms with Crippen LogP contribution < -0.4 is 4.74 Å². The Hall–Kier alpha value is -2.80. The smallest absolute Gasteiger partial charge is 0.269 e. The highest BCUT2D eigenvalue weighted by Gasteiger charge is 2.13. The molecule has 6 nitrogen and oxygen atoms in total. The molecule has 0 saturated heterocycles. The molecule has 0 amide bonds. The second kappa shape index (κ2) is 7.65. The number of thiocarbonyl (C=S) groups is 1. The van der Waals surface area contributed by atoms with Gasteiger partial charge in [-0.2, -0.15) is 0 Å². The van der Waals surface area contributed by atoms with Crippen LogP contribution in [0.4, 0.5) is 11.4 Å². The van der Waals surface area contributed by atoms with E-state index in [4.69, 9.17) is 17.0 Å². The summed E-state index contributed by atoms with van der Waals surface area (Å²) in [6.45, 7) is 0. The Kier molecular flexibility index (Phi) is 5.59. The van der Waals surface area contributed by atoms with E-state index < -0.39 is 4.92 Å². The topological polar surface area (TPSA) is 68.0 Å². The Morgan fingerprint density at radius 2 is 1.71 bits per heavy atom. The van der Waals surface area contributed by atoms with Crippen molar-refractivity contribution in [3.63, 3.8) is 0 Å². The third-order valence-corrected chi connectivity index (χ3v) is 3.83. The van der Waals surface area contributed by atoms with Gasteiger partial charge < -0.3 is 9.64 Å². The van der Waals surface area contributed by atoms with E-state index in [0.29, 0.717) is 16.4 Å². The Labute approximate surface area is 145 Å². The molecule has 0 spiro atoms. The Balaban J connectivity index is 2.44. The van der Waals surface area contributed by atoms with Crippen LogP contribution in [0.3, 0.4) is 0 Å². The number of nitro benzene ring substituents is 1. The third kappa shape index (κ3) is 4.14. The minimum Gasteiger partial charge on any atom is -0.497 e. The number of benzene rings is 2. The summed E-state index contributed by atoms with van der Waals surface area (Å²) in [7, 11) is 5.29. The van der Waals surface area contributed by atoms with E-state index >= 15 is 0 Å². The molecule has 24 heavy (non-hydrogen) atoms. The van der Waals surface area contributed by atoms with Crippen molar-refractivity contribution in [2.24, 2.45) is 4.99 Å². The summed E-state index contributed by atoms with van der Waals surface area (Å²) in [4.78, 5) is 17.2. The maximum Gasteiger partial charge on any atom is 0.269 e. The molecule has 0 fully saturated rings. The maximum absolute atomic E-state index is 10.7. The summed E-state index contributed by atoms with van der Waals surface area (Å²) in [5, 5.41) is 10.7. The Morgan fingerprint density at radius 1 is 1.12 bits per heavy atom. The zero-order chi connectivity index (χ0) is 17.7. The minimum atomic E-state index is -0.442. The molecule has 7 heteroatoms. The van der Waals surface area contributed by atoms with Crippen LogP contribution >= 0.6 is 12.2 Å². The summed E-state index contributed by atoms with van der Waals surface area (Å²) in [5.74, 6) is 0.740. The monoisotopic (exact) mass is 343 g/mol. The number of rotatable bonds is 5. The number of aliphatic imine (C=N–C) groups is 1. The lowest BCUT2D eigenvalue weighted by atomic mass is 10.1. The van der Waals surface area contributed by atoms with Crippen molar-refractivity contribution in [3.8, 4) is 5.75 Å². The van der Waals surface area contributed by atoms with Gasteiger partial charge in [-0.05, 0) is 36.4 Å². The van der Waals surface area contributed by atoms with E-state index in [1.54, 1.807) is 24.1 Å². The molecule has 0 unspecified atom stereocenters. The van der Waals surface area contributed by atoms with Crippen LogP contribution in [0.1, 0.15) is 5.56 Å². The summed E-state index contributed by atoms with van der Waals surface area (Å²) in [5.41, 5.74) is 2.07. The van der Waals surface area contributed by atoms with Gasteiger partial charge in [0, 0.05) is 31.8 Å². The molecule has 0 aliphatic carbocycles. The van der Waals surface area contributed by atoms with Crippen LogP contribution in [0.15, 0.2) is 53.5 Å². The second-order valence-corrected chi connectivity index (χ2v) is 5.55. The van der Waals surface area contributed by atoms with Crippen molar-refractivity contribution < 1.29 is 9.66 Å². The van der Waals surface area contributed by atoms with Crippen LogP contribution in [-0.2, 0) is 0 Å². The van der Waals surface area contributed by atoms with E-state index in [2.05, 4.69) is 4.99 Å². The van der Waals surface area contributed by atoms with Crippen LogP contribution in [-0.4, -0.2) is 41.7 Å². The first kappa shape index (κ1) is 17.6. The molecule has 0 aromatic heterocycles. The molecule has 0 N–H and O–H groups in total. The van der Waals surface area contributed by atoms with E-state index in [0.717, 1.165) is 11.3 Å². The van der Waals surface area contributed by atoms with Gasteiger partial charge in [0.1, 0.15) is 16.4 Å². The van der Waals surface area contributed by atoms with E-state index in [1.807, 2.05) is 38.4 Å². The molecule has 0 saturated carbocycles. The molecule has 0 aliphatic rings. The fourth-order valence-electron chi connectivity index (χ4n) is 1.97. The molecular weight excluding hydrogens is 326 g/mol. The van der Waals surface area contributed by atoms with Gasteiger partial charge in [-0.3, -0.25) is 10.1 Å². The SMILES string of the molecule is COc1ccc(C(=Nc2ccc([N+](=O)[O-])cc2)C(=S)N(C)C)cc1. The average molecular weight is 343 g/mol. The van der Waals surface area contributed by atoms with Crippen molar-refractivity contribution in [2.75, 3.05) is 21.2 Å². The second-order valence-electron chi connectivity index (χ2n) is 5.16. The number of ether oxygens (including phenoxy) is 1. The molecule has 124 valence electrons. The molecule has 0 heterocycles. The zero-order valence-electron chi connectivity index (χ0n) is 13.6. The number of hydrogen-bond donors (Lipinski definition) is 0. The summed E-state index contributed by atoms with van der Waals surface area (Å²) in [6.07, 6.45) is 0. The lowest BCUT2D eigenvalue weighted by molar-refractivity contribution is -0.384. The van der Waals surface area contributed by atoms with Crippen molar-refractivity contribution in [1.29, 1.82) is 0 Å². The van der Waals surface area contributed by atoms with Crippen molar-refractivity contribution in [1.82, 2.24) is 4.90 Å². The average Bonchev–Trinajstić information content (AvgIpc) is 2.59. The predicted molar refractivity (Wildman–Crippen MR) is 98.6 cm³/mol. The number of likely N-dealkylation sites (N-methyl/N-ethyl adjacent to an activating group) is 1. The van der Waals surface area contributed by atoms with Crippen molar-refractivity contribution in [2.45, 2.75) is 0 Å². The molecular formula is C17H17N3O3S. The first-order chi connectivity index (χ1) is 11.4. The first-order valence-corrected chi connectivity index (χ1v) is 7.52. The van der Waals surface area contributed by atoms with E-state index in [-0.39, 0.29) is 5.69 Å². The fourth-order valence-corrected chi connectivity index (χ4v) is 2.14. The highest BCUT2D eigenvalue weighted by molar-refractivity contribution is 7.82. The highest BCUT2D eigenvalue weighted by Crippen LogP contribution is 2.21. The van der Waals surface area contributed by atoms with Crippen LogP contribution in [0, 0.1) is 10.1 Å². The summed E-state index contributed by atoms with van der Waals surface area (Å²) >= 11 is 5.46. The Bertz CT molecular complexity index is 769. The van der Waals surface area contributed by atoms with Gasteiger partial charge in [-0.25, -0.2) is 4.99 Å². The predicted octanol–water partition coefficient (Wildman–Crippen LogP) is 3.61. The maximum atomic E-state index is 10.7. The standard InChI is InChI=1S/C17H17N3O3S/c1-19(2)17(24)16(12-4-10-15(23-3)11-5-12)18-13-6-8-14(9-7-13)20(21)22/h4-11H,1-3H3. The largest absolute Gasteiger partial charge is 0.497 e. The minimum absolute atomic E-state index is 0.0233. The highest BCUT2D eigenvalue weighted by atomic mass is 32.1. The normalized spacial score (nSPS) is 11.0. The molecule has 2 aromatic rings. The van der Waals surface area contributed by atoms with Crippen LogP contribution in [0.2, 0.25) is 0 Å². The lowest BCUT2D eigenvalue weighted by Gasteiger charge is -2.16. The van der Waals surface area contributed by atoms with Crippen molar-refractivity contribution in [3.05, 3.63) is 64.2 Å². The molecule has 0 atom stereocenters. The number of non-ortho nitro benzene ring substituents is 1.